The van der Waals surface area contributed by atoms with E-state index in [0.29, 0.717) is 6.10 Å². The van der Waals surface area contributed by atoms with Crippen LogP contribution in [0.15, 0.2) is 25.3 Å². The van der Waals surface area contributed by atoms with Crippen LogP contribution in [0.2, 0.25) is 0 Å². The van der Waals surface area contributed by atoms with Crippen LogP contribution < -0.4 is 0 Å². The first-order valence-electron chi connectivity index (χ1n) is 7.15. The predicted molar refractivity (Wildman–Crippen MR) is 77.3 cm³/mol. The largest absolute Gasteiger partial charge is 0.367 e. The van der Waals surface area contributed by atoms with E-state index in [2.05, 4.69) is 27.0 Å². The molecule has 1 unspecified atom stereocenters. The van der Waals surface area contributed by atoms with Crippen molar-refractivity contribution in [3.05, 3.63) is 25.3 Å². The molecule has 0 amide bonds. The minimum atomic E-state index is 0.00885. The van der Waals surface area contributed by atoms with Crippen LogP contribution in [0.25, 0.3) is 0 Å². The Morgan fingerprint density at radius 2 is 1.47 bits per heavy atom. The molecule has 0 aliphatic carbocycles. The highest BCUT2D eigenvalue weighted by Gasteiger charge is 2.06. The Kier molecular flexibility index (Phi) is 11.5. The molecule has 0 aromatic heterocycles. The normalized spacial score (nSPS) is 12.6. The van der Waals surface area contributed by atoms with Crippen molar-refractivity contribution in [1.82, 2.24) is 0 Å². The first kappa shape index (κ1) is 16.4. The molecule has 0 heterocycles. The van der Waals surface area contributed by atoms with Crippen LogP contribution in [0, 0.1) is 0 Å². The fourth-order valence-electron chi connectivity index (χ4n) is 1.93. The lowest BCUT2D eigenvalue weighted by Gasteiger charge is -2.16. The van der Waals surface area contributed by atoms with E-state index in [0.717, 1.165) is 6.42 Å². The molecule has 100 valence electrons. The van der Waals surface area contributed by atoms with Gasteiger partial charge >= 0.3 is 0 Å². The van der Waals surface area contributed by atoms with Crippen molar-refractivity contribution >= 4 is 0 Å². The van der Waals surface area contributed by atoms with Gasteiger partial charge in [-0.05, 0) is 13.3 Å². The first-order chi connectivity index (χ1) is 8.24. The molecule has 0 saturated heterocycles. The minimum Gasteiger partial charge on any atom is -0.367 e. The van der Waals surface area contributed by atoms with Gasteiger partial charge in [0.15, 0.2) is 0 Å². The molecular formula is C16H30O. The summed E-state index contributed by atoms with van der Waals surface area (Å²) in [4.78, 5) is 0. The maximum Gasteiger partial charge on any atom is 0.0935 e. The minimum absolute atomic E-state index is 0.00885. The van der Waals surface area contributed by atoms with E-state index in [4.69, 9.17) is 4.74 Å². The van der Waals surface area contributed by atoms with Gasteiger partial charge in [-0.25, -0.2) is 0 Å². The van der Waals surface area contributed by atoms with E-state index in [1.807, 2.05) is 0 Å². The Bertz CT molecular complexity index is 178. The number of hydrogen-bond acceptors (Lipinski definition) is 1. The molecule has 0 spiro atoms. The molecule has 0 saturated carbocycles. The Labute approximate surface area is 108 Å². The molecule has 0 bridgehead atoms. The molecule has 1 heteroatoms. The third-order valence-electron chi connectivity index (χ3n) is 3.07. The molecule has 0 rings (SSSR count). The van der Waals surface area contributed by atoms with E-state index in [9.17, 15) is 0 Å². The zero-order valence-corrected chi connectivity index (χ0v) is 11.8. The summed E-state index contributed by atoms with van der Waals surface area (Å²) < 4.78 is 5.76. The number of unbranched alkanes of at least 4 members (excludes halogenated alkanes) is 6. The highest BCUT2D eigenvalue weighted by molar-refractivity contribution is 4.94. The summed E-state index contributed by atoms with van der Waals surface area (Å²) in [6, 6.07) is 0. The van der Waals surface area contributed by atoms with Crippen LogP contribution in [0.5, 0.6) is 0 Å². The van der Waals surface area contributed by atoms with Crippen LogP contribution in [0.4, 0.5) is 0 Å². The lowest BCUT2D eigenvalue weighted by Crippen LogP contribution is -2.15. The lowest BCUT2D eigenvalue weighted by atomic mass is 10.1. The third kappa shape index (κ3) is 10.3. The zero-order chi connectivity index (χ0) is 12.9. The SMILES string of the molecule is C=CC(C=C)OC(C)CCCCCCCCC. The smallest absolute Gasteiger partial charge is 0.0935 e. The van der Waals surface area contributed by atoms with Crippen LogP contribution >= 0.6 is 0 Å². The van der Waals surface area contributed by atoms with Gasteiger partial charge < -0.3 is 4.74 Å². The third-order valence-corrected chi connectivity index (χ3v) is 3.07. The second kappa shape index (κ2) is 11.9. The van der Waals surface area contributed by atoms with Gasteiger partial charge in [0.25, 0.3) is 0 Å². The van der Waals surface area contributed by atoms with E-state index in [1.165, 1.54) is 44.9 Å². The van der Waals surface area contributed by atoms with E-state index < -0.39 is 0 Å². The first-order valence-corrected chi connectivity index (χ1v) is 7.15. The summed E-state index contributed by atoms with van der Waals surface area (Å²) in [5.41, 5.74) is 0. The average molecular weight is 238 g/mol. The van der Waals surface area contributed by atoms with Crippen molar-refractivity contribution in [2.24, 2.45) is 0 Å². The molecule has 1 atom stereocenters. The van der Waals surface area contributed by atoms with Crippen molar-refractivity contribution in [2.75, 3.05) is 0 Å². The van der Waals surface area contributed by atoms with Crippen LogP contribution in [-0.2, 0) is 4.74 Å². The fourth-order valence-corrected chi connectivity index (χ4v) is 1.93. The quantitative estimate of drug-likeness (QED) is 0.332. The van der Waals surface area contributed by atoms with E-state index in [1.54, 1.807) is 12.2 Å². The molecule has 0 radical (unpaired) electrons. The Balaban J connectivity index is 3.35. The highest BCUT2D eigenvalue weighted by Crippen LogP contribution is 2.12. The number of ether oxygens (including phenoxy) is 1. The molecule has 0 aliphatic heterocycles. The fraction of sp³-hybridized carbons (Fsp3) is 0.750. The summed E-state index contributed by atoms with van der Waals surface area (Å²) in [7, 11) is 0. The van der Waals surface area contributed by atoms with Gasteiger partial charge in [-0.15, -0.1) is 13.2 Å². The van der Waals surface area contributed by atoms with Gasteiger partial charge in [0.05, 0.1) is 12.2 Å². The summed E-state index contributed by atoms with van der Waals surface area (Å²) in [5.74, 6) is 0. The summed E-state index contributed by atoms with van der Waals surface area (Å²) >= 11 is 0. The van der Waals surface area contributed by atoms with Crippen molar-refractivity contribution in [3.8, 4) is 0 Å². The van der Waals surface area contributed by atoms with Gasteiger partial charge in [0.2, 0.25) is 0 Å². The van der Waals surface area contributed by atoms with Crippen molar-refractivity contribution in [1.29, 1.82) is 0 Å². The predicted octanol–water partition coefficient (Wildman–Crippen LogP) is 5.27. The Hall–Kier alpha value is -0.560. The summed E-state index contributed by atoms with van der Waals surface area (Å²) in [6.07, 6.45) is 14.6. The van der Waals surface area contributed by atoms with Gasteiger partial charge in [-0.2, -0.15) is 0 Å². The van der Waals surface area contributed by atoms with Gasteiger partial charge in [-0.1, -0.05) is 64.0 Å². The maximum absolute atomic E-state index is 5.76. The summed E-state index contributed by atoms with van der Waals surface area (Å²) in [5, 5.41) is 0. The summed E-state index contributed by atoms with van der Waals surface area (Å²) in [6.45, 7) is 11.8. The standard InChI is InChI=1S/C16H30O/c1-5-8-9-10-11-12-13-14-15(4)17-16(6-2)7-3/h6-7,15-16H,2-3,5,8-14H2,1,4H3. The molecule has 1 nitrogen and oxygen atoms in total. The zero-order valence-electron chi connectivity index (χ0n) is 11.8. The van der Waals surface area contributed by atoms with E-state index >= 15 is 0 Å². The topological polar surface area (TPSA) is 9.23 Å². The molecule has 0 N–H and O–H groups in total. The Morgan fingerprint density at radius 1 is 0.941 bits per heavy atom. The monoisotopic (exact) mass is 238 g/mol. The number of rotatable bonds is 12. The van der Waals surface area contributed by atoms with Crippen LogP contribution in [0.1, 0.15) is 65.2 Å². The molecular weight excluding hydrogens is 208 g/mol. The molecule has 17 heavy (non-hydrogen) atoms. The van der Waals surface area contributed by atoms with Crippen molar-refractivity contribution in [3.63, 3.8) is 0 Å². The molecule has 0 aromatic rings. The van der Waals surface area contributed by atoms with Crippen LogP contribution in [-0.4, -0.2) is 12.2 Å². The van der Waals surface area contributed by atoms with Crippen molar-refractivity contribution in [2.45, 2.75) is 77.4 Å². The second-order valence-electron chi connectivity index (χ2n) is 4.79. The number of hydrogen-bond donors (Lipinski definition) is 0. The maximum atomic E-state index is 5.76. The average Bonchev–Trinajstić information content (AvgIpc) is 2.34. The molecule has 0 aliphatic rings. The van der Waals surface area contributed by atoms with Crippen molar-refractivity contribution < 1.29 is 4.74 Å². The lowest BCUT2D eigenvalue weighted by molar-refractivity contribution is 0.0423. The van der Waals surface area contributed by atoms with Gasteiger partial charge in [0.1, 0.15) is 0 Å². The van der Waals surface area contributed by atoms with Gasteiger partial charge in [-0.3, -0.25) is 0 Å². The van der Waals surface area contributed by atoms with Crippen LogP contribution in [0.3, 0.4) is 0 Å². The Morgan fingerprint density at radius 3 is 2.00 bits per heavy atom. The van der Waals surface area contributed by atoms with Gasteiger partial charge in [0, 0.05) is 0 Å². The highest BCUT2D eigenvalue weighted by atomic mass is 16.5. The van der Waals surface area contributed by atoms with E-state index in [-0.39, 0.29) is 6.10 Å². The molecule has 0 fully saturated rings. The molecule has 0 aromatic carbocycles. The second-order valence-corrected chi connectivity index (χ2v) is 4.79.